The number of benzene rings is 1. The first-order valence-electron chi connectivity index (χ1n) is 7.04. The molecule has 1 aliphatic heterocycles. The molecule has 1 aromatic heterocycles. The van der Waals surface area contributed by atoms with Crippen molar-refractivity contribution in [2.45, 2.75) is 13.0 Å². The van der Waals surface area contributed by atoms with E-state index in [0.717, 1.165) is 6.54 Å². The Balaban J connectivity index is 1.91. The first kappa shape index (κ1) is 14.5. The van der Waals surface area contributed by atoms with E-state index in [0.29, 0.717) is 30.5 Å². The molecule has 1 atom stereocenters. The number of likely N-dealkylation sites (N-methyl/N-ethyl adjacent to an activating group) is 1. The molecular formula is C15H16FN5O. The van der Waals surface area contributed by atoms with Gasteiger partial charge in [0.1, 0.15) is 23.5 Å². The second-order valence-corrected chi connectivity index (χ2v) is 5.37. The van der Waals surface area contributed by atoms with E-state index in [4.69, 9.17) is 4.52 Å². The predicted molar refractivity (Wildman–Crippen MR) is 77.7 cm³/mol. The Hall–Kier alpha value is -2.46. The van der Waals surface area contributed by atoms with Gasteiger partial charge in [-0.2, -0.15) is 10.2 Å². The third-order valence-electron chi connectivity index (χ3n) is 3.92. The van der Waals surface area contributed by atoms with Crippen LogP contribution in [-0.2, 0) is 0 Å². The van der Waals surface area contributed by atoms with Crippen molar-refractivity contribution >= 4 is 5.69 Å². The van der Waals surface area contributed by atoms with Crippen LogP contribution in [0.5, 0.6) is 0 Å². The molecule has 22 heavy (non-hydrogen) atoms. The van der Waals surface area contributed by atoms with Gasteiger partial charge in [-0.3, -0.25) is 4.90 Å². The number of anilines is 1. The van der Waals surface area contributed by atoms with E-state index in [1.807, 2.05) is 18.0 Å². The topological polar surface area (TPSA) is 69.2 Å². The lowest BCUT2D eigenvalue weighted by atomic mass is 10.1. The van der Waals surface area contributed by atoms with Gasteiger partial charge < -0.3 is 9.42 Å². The van der Waals surface area contributed by atoms with Gasteiger partial charge in [-0.1, -0.05) is 11.2 Å². The number of piperazine rings is 1. The molecule has 1 saturated heterocycles. The number of halogens is 1. The molecule has 1 unspecified atom stereocenters. The van der Waals surface area contributed by atoms with Crippen molar-refractivity contribution in [3.63, 3.8) is 0 Å². The van der Waals surface area contributed by atoms with Crippen molar-refractivity contribution in [3.05, 3.63) is 41.3 Å². The maximum Gasteiger partial charge on any atom is 0.245 e. The first-order chi connectivity index (χ1) is 10.6. The molecule has 1 aliphatic rings. The van der Waals surface area contributed by atoms with Crippen molar-refractivity contribution in [3.8, 4) is 6.07 Å². The van der Waals surface area contributed by atoms with Crippen LogP contribution in [0.4, 0.5) is 10.1 Å². The number of aryl methyl sites for hydroxylation is 1. The second-order valence-electron chi connectivity index (χ2n) is 5.37. The molecule has 114 valence electrons. The van der Waals surface area contributed by atoms with E-state index in [9.17, 15) is 9.65 Å². The van der Waals surface area contributed by atoms with Crippen LogP contribution in [0.1, 0.15) is 23.3 Å². The summed E-state index contributed by atoms with van der Waals surface area (Å²) in [4.78, 5) is 8.40. The minimum Gasteiger partial charge on any atom is -0.367 e. The van der Waals surface area contributed by atoms with Gasteiger partial charge in [0, 0.05) is 19.6 Å². The maximum absolute atomic E-state index is 13.8. The fourth-order valence-electron chi connectivity index (χ4n) is 2.69. The Kier molecular flexibility index (Phi) is 3.77. The summed E-state index contributed by atoms with van der Waals surface area (Å²) in [6.45, 7) is 3.80. The van der Waals surface area contributed by atoms with Gasteiger partial charge >= 0.3 is 0 Å². The Morgan fingerprint density at radius 2 is 2.23 bits per heavy atom. The van der Waals surface area contributed by atoms with Crippen molar-refractivity contribution < 1.29 is 8.91 Å². The van der Waals surface area contributed by atoms with Crippen molar-refractivity contribution in [1.29, 1.82) is 5.26 Å². The lowest BCUT2D eigenvalue weighted by molar-refractivity contribution is 0.177. The summed E-state index contributed by atoms with van der Waals surface area (Å²) in [5.41, 5.74) is 0.685. The van der Waals surface area contributed by atoms with Crippen LogP contribution in [0.15, 0.2) is 22.7 Å². The van der Waals surface area contributed by atoms with Crippen LogP contribution in [-0.4, -0.2) is 41.7 Å². The molecule has 0 amide bonds. The molecule has 0 N–H and O–H groups in total. The van der Waals surface area contributed by atoms with Gasteiger partial charge in [0.05, 0.1) is 5.69 Å². The monoisotopic (exact) mass is 301 g/mol. The van der Waals surface area contributed by atoms with Gasteiger partial charge in [0.15, 0.2) is 5.82 Å². The van der Waals surface area contributed by atoms with E-state index < -0.39 is 5.82 Å². The van der Waals surface area contributed by atoms with Crippen molar-refractivity contribution in [1.82, 2.24) is 15.0 Å². The standard InChI is InChI=1S/C15H16FN5O/c1-10-18-15(22-19-10)14-9-21(7-6-20(14)2)13-5-3-4-12(16)11(13)8-17/h3-5,14H,6-7,9H2,1-2H3. The third kappa shape index (κ3) is 2.53. The molecular weight excluding hydrogens is 285 g/mol. The molecule has 2 heterocycles. The van der Waals surface area contributed by atoms with Crippen LogP contribution in [0.25, 0.3) is 0 Å². The van der Waals surface area contributed by atoms with E-state index in [-0.39, 0.29) is 11.6 Å². The SMILES string of the molecule is Cc1noc(C2CN(c3cccc(F)c3C#N)CCN2C)n1. The molecule has 3 rings (SSSR count). The van der Waals surface area contributed by atoms with Gasteiger partial charge in [-0.15, -0.1) is 0 Å². The molecule has 6 nitrogen and oxygen atoms in total. The third-order valence-corrected chi connectivity index (χ3v) is 3.92. The summed E-state index contributed by atoms with van der Waals surface area (Å²) in [5.74, 6) is 0.632. The van der Waals surface area contributed by atoms with Crippen LogP contribution in [0.3, 0.4) is 0 Å². The molecule has 0 radical (unpaired) electrons. The van der Waals surface area contributed by atoms with Crippen molar-refractivity contribution in [2.75, 3.05) is 31.6 Å². The summed E-state index contributed by atoms with van der Waals surface area (Å²) < 4.78 is 19.1. The molecule has 0 bridgehead atoms. The second kappa shape index (κ2) is 5.73. The van der Waals surface area contributed by atoms with Crippen LogP contribution >= 0.6 is 0 Å². The smallest absolute Gasteiger partial charge is 0.245 e. The number of rotatable bonds is 2. The highest BCUT2D eigenvalue weighted by atomic mass is 19.1. The van der Waals surface area contributed by atoms with E-state index in [2.05, 4.69) is 15.0 Å². The molecule has 0 saturated carbocycles. The molecule has 1 aromatic carbocycles. The van der Waals surface area contributed by atoms with Gasteiger partial charge in [0.2, 0.25) is 5.89 Å². The minimum atomic E-state index is -0.496. The maximum atomic E-state index is 13.8. The summed E-state index contributed by atoms with van der Waals surface area (Å²) in [5, 5.41) is 13.0. The fourth-order valence-corrected chi connectivity index (χ4v) is 2.69. The number of nitriles is 1. The van der Waals surface area contributed by atoms with Gasteiger partial charge in [-0.25, -0.2) is 4.39 Å². The number of hydrogen-bond donors (Lipinski definition) is 0. The number of hydrogen-bond acceptors (Lipinski definition) is 6. The Labute approximate surface area is 127 Å². The molecule has 0 spiro atoms. The lowest BCUT2D eigenvalue weighted by Crippen LogP contribution is -2.47. The zero-order chi connectivity index (χ0) is 15.7. The first-order valence-corrected chi connectivity index (χ1v) is 7.04. The molecule has 2 aromatic rings. The quantitative estimate of drug-likeness (QED) is 0.843. The normalized spacial score (nSPS) is 19.2. The molecule has 7 heteroatoms. The summed E-state index contributed by atoms with van der Waals surface area (Å²) in [6, 6.07) is 6.56. The molecule has 1 fully saturated rings. The van der Waals surface area contributed by atoms with Gasteiger partial charge in [0.25, 0.3) is 0 Å². The predicted octanol–water partition coefficient (Wildman–Crippen LogP) is 1.88. The zero-order valence-electron chi connectivity index (χ0n) is 12.5. The Bertz CT molecular complexity index is 723. The van der Waals surface area contributed by atoms with E-state index in [1.165, 1.54) is 6.07 Å². The van der Waals surface area contributed by atoms with E-state index >= 15 is 0 Å². The highest BCUT2D eigenvalue weighted by molar-refractivity contribution is 5.60. The number of aromatic nitrogens is 2. The highest BCUT2D eigenvalue weighted by Crippen LogP contribution is 2.29. The van der Waals surface area contributed by atoms with Crippen molar-refractivity contribution in [2.24, 2.45) is 0 Å². The molecule has 0 aliphatic carbocycles. The van der Waals surface area contributed by atoms with Crippen LogP contribution in [0, 0.1) is 24.1 Å². The minimum absolute atomic E-state index is 0.0764. The Morgan fingerprint density at radius 3 is 2.91 bits per heavy atom. The largest absolute Gasteiger partial charge is 0.367 e. The lowest BCUT2D eigenvalue weighted by Gasteiger charge is -2.39. The van der Waals surface area contributed by atoms with Crippen LogP contribution in [0.2, 0.25) is 0 Å². The van der Waals surface area contributed by atoms with Gasteiger partial charge in [-0.05, 0) is 26.1 Å². The Morgan fingerprint density at radius 1 is 1.41 bits per heavy atom. The summed E-state index contributed by atoms with van der Waals surface area (Å²) >= 11 is 0. The average Bonchev–Trinajstić information content (AvgIpc) is 2.94. The number of nitrogens with zero attached hydrogens (tertiary/aromatic N) is 5. The summed E-state index contributed by atoms with van der Waals surface area (Å²) in [7, 11) is 1.98. The van der Waals surface area contributed by atoms with Crippen LogP contribution < -0.4 is 4.90 Å². The summed E-state index contributed by atoms with van der Waals surface area (Å²) in [6.07, 6.45) is 0. The fraction of sp³-hybridized carbons (Fsp3) is 0.400. The zero-order valence-corrected chi connectivity index (χ0v) is 12.5. The van der Waals surface area contributed by atoms with E-state index in [1.54, 1.807) is 19.1 Å². The average molecular weight is 301 g/mol. The highest BCUT2D eigenvalue weighted by Gasteiger charge is 2.31.